The summed E-state index contributed by atoms with van der Waals surface area (Å²) in [6.45, 7) is 4.89. The number of ether oxygens (including phenoxy) is 1. The first-order valence-corrected chi connectivity index (χ1v) is 6.06. The average Bonchev–Trinajstić information content (AvgIpc) is 2.19. The van der Waals surface area contributed by atoms with E-state index in [1.54, 1.807) is 0 Å². The van der Waals surface area contributed by atoms with Gasteiger partial charge in [0, 0.05) is 5.75 Å². The summed E-state index contributed by atoms with van der Waals surface area (Å²) in [4.78, 5) is 11.0. The molecule has 0 aromatic heterocycles. The highest BCUT2D eigenvalue weighted by Gasteiger charge is 2.09. The second kappa shape index (κ2) is 9.38. The van der Waals surface area contributed by atoms with Crippen molar-refractivity contribution < 1.29 is 9.53 Å². The minimum Gasteiger partial charge on any atom is -0.465 e. The van der Waals surface area contributed by atoms with Crippen LogP contribution in [0.5, 0.6) is 0 Å². The molecule has 83 valence electrons. The zero-order valence-electron chi connectivity index (χ0n) is 9.25. The molecule has 0 saturated carbocycles. The van der Waals surface area contributed by atoms with Gasteiger partial charge in [-0.1, -0.05) is 45.7 Å². The molecule has 0 amide bonds. The lowest BCUT2D eigenvalue weighted by atomic mass is 10.0. The molecule has 0 aromatic carbocycles. The zero-order chi connectivity index (χ0) is 10.8. The Kier molecular flexibility index (Phi) is 9.26. The average molecular weight is 217 g/mol. The van der Waals surface area contributed by atoms with Gasteiger partial charge in [-0.15, -0.1) is 0 Å². The van der Waals surface area contributed by atoms with Crippen LogP contribution in [0.4, 0.5) is 0 Å². The minimum atomic E-state index is -0.144. The van der Waals surface area contributed by atoms with Crippen LogP contribution in [-0.2, 0) is 9.53 Å². The minimum absolute atomic E-state index is 0.144. The molecule has 3 heteroatoms. The molecular weight excluding hydrogens is 196 g/mol. The normalized spacial score (nSPS) is 12.5. The van der Waals surface area contributed by atoms with E-state index in [1.807, 2.05) is 0 Å². The van der Waals surface area contributed by atoms with E-state index in [-0.39, 0.29) is 5.97 Å². The predicted octanol–water partition coefficient (Wildman–Crippen LogP) is 3.33. The molecule has 1 unspecified atom stereocenters. The van der Waals surface area contributed by atoms with Gasteiger partial charge < -0.3 is 4.74 Å². The Morgan fingerprint density at radius 3 is 2.64 bits per heavy atom. The molecule has 1 radical (unpaired) electrons. The van der Waals surface area contributed by atoms with Crippen LogP contribution >= 0.6 is 12.6 Å². The van der Waals surface area contributed by atoms with Crippen LogP contribution in [0.2, 0.25) is 0 Å². The van der Waals surface area contributed by atoms with Crippen molar-refractivity contribution in [2.45, 2.75) is 46.0 Å². The van der Waals surface area contributed by atoms with Gasteiger partial charge >= 0.3 is 5.97 Å². The van der Waals surface area contributed by atoms with E-state index < -0.39 is 0 Å². The Morgan fingerprint density at radius 1 is 1.43 bits per heavy atom. The van der Waals surface area contributed by atoms with Crippen LogP contribution in [0.15, 0.2) is 0 Å². The Hall–Kier alpha value is -0.180. The largest absolute Gasteiger partial charge is 0.465 e. The van der Waals surface area contributed by atoms with Crippen LogP contribution in [0, 0.1) is 5.92 Å². The van der Waals surface area contributed by atoms with E-state index in [2.05, 4.69) is 13.8 Å². The summed E-state index contributed by atoms with van der Waals surface area (Å²) < 4.78 is 5.13. The van der Waals surface area contributed by atoms with Gasteiger partial charge in [0.25, 0.3) is 0 Å². The summed E-state index contributed by atoms with van der Waals surface area (Å²) in [6, 6.07) is 0. The first kappa shape index (κ1) is 13.8. The number of esters is 1. The molecular formula is C11H21O2S. The summed E-state index contributed by atoms with van der Waals surface area (Å²) in [5.74, 6) is 0.851. The predicted molar refractivity (Wildman–Crippen MR) is 61.3 cm³/mol. The molecule has 2 nitrogen and oxygen atoms in total. The molecule has 0 aliphatic carbocycles. The van der Waals surface area contributed by atoms with Gasteiger partial charge in [0.15, 0.2) is 0 Å². The third-order valence-electron chi connectivity index (χ3n) is 2.33. The summed E-state index contributed by atoms with van der Waals surface area (Å²) in [5.41, 5.74) is 0. The molecule has 0 aliphatic heterocycles. The molecule has 0 spiro atoms. The maximum atomic E-state index is 11.0. The van der Waals surface area contributed by atoms with E-state index in [1.165, 1.54) is 12.8 Å². The fourth-order valence-corrected chi connectivity index (χ4v) is 1.43. The van der Waals surface area contributed by atoms with Crippen molar-refractivity contribution in [3.63, 3.8) is 0 Å². The third-order valence-corrected chi connectivity index (χ3v) is 2.53. The smallest absolute Gasteiger partial charge is 0.306 e. The highest BCUT2D eigenvalue weighted by Crippen LogP contribution is 2.13. The van der Waals surface area contributed by atoms with Gasteiger partial charge in [-0.05, 0) is 12.3 Å². The second-order valence-corrected chi connectivity index (χ2v) is 3.96. The standard InChI is InChI=1S/C11H21O2S/c1-3-5-6-10(4-2)9-13-11(12)7-8-14/h10H,3-9H2,1-2H3. The van der Waals surface area contributed by atoms with Gasteiger partial charge in [-0.3, -0.25) is 4.79 Å². The highest BCUT2D eigenvalue weighted by molar-refractivity contribution is 7.80. The number of rotatable bonds is 8. The lowest BCUT2D eigenvalue weighted by molar-refractivity contribution is -0.144. The molecule has 0 saturated heterocycles. The van der Waals surface area contributed by atoms with Crippen molar-refractivity contribution in [1.82, 2.24) is 0 Å². The van der Waals surface area contributed by atoms with Crippen molar-refractivity contribution >= 4 is 18.6 Å². The number of hydrogen-bond acceptors (Lipinski definition) is 2. The molecule has 0 aromatic rings. The lowest BCUT2D eigenvalue weighted by Gasteiger charge is -2.14. The molecule has 0 fully saturated rings. The molecule has 0 N–H and O–H groups in total. The van der Waals surface area contributed by atoms with Crippen molar-refractivity contribution in [3.05, 3.63) is 0 Å². The Bertz CT molecular complexity index is 148. The van der Waals surface area contributed by atoms with E-state index >= 15 is 0 Å². The maximum absolute atomic E-state index is 11.0. The quantitative estimate of drug-likeness (QED) is 0.583. The van der Waals surface area contributed by atoms with Gasteiger partial charge in [0.1, 0.15) is 0 Å². The van der Waals surface area contributed by atoms with Gasteiger partial charge in [-0.25, -0.2) is 0 Å². The van der Waals surface area contributed by atoms with Crippen LogP contribution < -0.4 is 0 Å². The fraction of sp³-hybridized carbons (Fsp3) is 0.909. The maximum Gasteiger partial charge on any atom is 0.306 e. The summed E-state index contributed by atoms with van der Waals surface area (Å²) >= 11 is 4.71. The Labute approximate surface area is 92.8 Å². The van der Waals surface area contributed by atoms with Gasteiger partial charge in [0.05, 0.1) is 13.0 Å². The second-order valence-electron chi connectivity index (χ2n) is 3.55. The lowest BCUT2D eigenvalue weighted by Crippen LogP contribution is -2.13. The number of carbonyl (C=O) groups excluding carboxylic acids is 1. The van der Waals surface area contributed by atoms with Crippen LogP contribution in [0.3, 0.4) is 0 Å². The molecule has 0 heterocycles. The SMILES string of the molecule is CCCCC(CC)COC(=O)CC[S]. The number of carbonyl (C=O) groups is 1. The van der Waals surface area contributed by atoms with Crippen LogP contribution in [0.25, 0.3) is 0 Å². The van der Waals surface area contributed by atoms with Crippen LogP contribution in [0.1, 0.15) is 46.0 Å². The Balaban J connectivity index is 3.55. The Morgan fingerprint density at radius 2 is 2.14 bits per heavy atom. The molecule has 14 heavy (non-hydrogen) atoms. The van der Waals surface area contributed by atoms with E-state index in [0.29, 0.717) is 24.7 Å². The van der Waals surface area contributed by atoms with Gasteiger partial charge in [-0.2, -0.15) is 0 Å². The first-order chi connectivity index (χ1) is 6.74. The van der Waals surface area contributed by atoms with E-state index in [0.717, 1.165) is 12.8 Å². The van der Waals surface area contributed by atoms with Crippen molar-refractivity contribution in [3.8, 4) is 0 Å². The van der Waals surface area contributed by atoms with Crippen molar-refractivity contribution in [1.29, 1.82) is 0 Å². The fourth-order valence-electron chi connectivity index (χ4n) is 1.26. The summed E-state index contributed by atoms with van der Waals surface area (Å²) in [6.07, 6.45) is 5.04. The van der Waals surface area contributed by atoms with Crippen LogP contribution in [-0.4, -0.2) is 18.3 Å². The molecule has 0 rings (SSSR count). The summed E-state index contributed by atoms with van der Waals surface area (Å²) in [7, 11) is 0. The topological polar surface area (TPSA) is 26.3 Å². The van der Waals surface area contributed by atoms with Crippen molar-refractivity contribution in [2.75, 3.05) is 12.4 Å². The third kappa shape index (κ3) is 7.25. The number of hydrogen-bond donors (Lipinski definition) is 0. The molecule has 0 bridgehead atoms. The van der Waals surface area contributed by atoms with E-state index in [4.69, 9.17) is 17.4 Å². The monoisotopic (exact) mass is 217 g/mol. The first-order valence-electron chi connectivity index (χ1n) is 5.48. The zero-order valence-corrected chi connectivity index (χ0v) is 10.1. The molecule has 1 atom stereocenters. The summed E-state index contributed by atoms with van der Waals surface area (Å²) in [5, 5.41) is 0. The highest BCUT2D eigenvalue weighted by atomic mass is 32.1. The van der Waals surface area contributed by atoms with Crippen molar-refractivity contribution in [2.24, 2.45) is 5.92 Å². The van der Waals surface area contributed by atoms with Gasteiger partial charge in [0.2, 0.25) is 0 Å². The molecule has 0 aliphatic rings. The van der Waals surface area contributed by atoms with E-state index in [9.17, 15) is 4.79 Å². The number of unbranched alkanes of at least 4 members (excludes halogenated alkanes) is 1.